The Balaban J connectivity index is 2.78. The number of amidine groups is 1. The van der Waals surface area contributed by atoms with Gasteiger partial charge in [-0.2, -0.15) is 0 Å². The molecule has 0 aromatic heterocycles. The number of hydrogen-bond acceptors (Lipinski definition) is 9. The molecule has 0 bridgehead atoms. The first kappa shape index (κ1) is 20.9. The van der Waals surface area contributed by atoms with E-state index in [1.807, 2.05) is 0 Å². The highest BCUT2D eigenvalue weighted by Crippen LogP contribution is 2.47. The summed E-state index contributed by atoms with van der Waals surface area (Å²) in [7, 11) is 0. The van der Waals surface area contributed by atoms with Crippen molar-refractivity contribution in [3.8, 4) is 0 Å². The molecule has 1 aliphatic heterocycles. The standard InChI is InChI=1S/C18H22N4O6/c1-4-27-15(23)12-13(10-7-6-8-11(9-10)22(25)26)18(3,17(24)28-5-2)16(20)21-14(12)19/h6-9,13H,4-5,19H2,1-3H3,(H2,20,21). The summed E-state index contributed by atoms with van der Waals surface area (Å²) in [4.78, 5) is 40.1. The van der Waals surface area contributed by atoms with Crippen LogP contribution in [-0.4, -0.2) is 35.9 Å². The van der Waals surface area contributed by atoms with Crippen LogP contribution in [0, 0.1) is 15.5 Å². The molecule has 10 nitrogen and oxygen atoms in total. The molecule has 2 rings (SSSR count). The summed E-state index contributed by atoms with van der Waals surface area (Å²) in [5.41, 5.74) is 10.3. The highest BCUT2D eigenvalue weighted by Gasteiger charge is 2.53. The van der Waals surface area contributed by atoms with Gasteiger partial charge in [0.25, 0.3) is 5.69 Å². The van der Waals surface area contributed by atoms with Gasteiger partial charge in [0.1, 0.15) is 17.1 Å². The molecule has 10 heteroatoms. The van der Waals surface area contributed by atoms with E-state index in [1.165, 1.54) is 25.1 Å². The predicted molar refractivity (Wildman–Crippen MR) is 100 cm³/mol. The zero-order valence-corrected chi connectivity index (χ0v) is 15.8. The van der Waals surface area contributed by atoms with Gasteiger partial charge in [-0.15, -0.1) is 0 Å². The summed E-state index contributed by atoms with van der Waals surface area (Å²) in [5.74, 6) is -2.98. The van der Waals surface area contributed by atoms with Crippen LogP contribution in [0.2, 0.25) is 0 Å². The van der Waals surface area contributed by atoms with E-state index in [0.29, 0.717) is 0 Å². The monoisotopic (exact) mass is 390 g/mol. The van der Waals surface area contributed by atoms with Crippen molar-refractivity contribution in [3.63, 3.8) is 0 Å². The molecule has 0 amide bonds. The van der Waals surface area contributed by atoms with E-state index in [0.717, 1.165) is 0 Å². The smallest absolute Gasteiger partial charge is 0.338 e. The number of nitro benzene ring substituents is 1. The molecule has 0 fully saturated rings. The van der Waals surface area contributed by atoms with Crippen LogP contribution in [0.1, 0.15) is 32.3 Å². The molecule has 0 saturated carbocycles. The van der Waals surface area contributed by atoms with Gasteiger partial charge in [0.05, 0.1) is 23.7 Å². The molecule has 1 aromatic rings. The minimum Gasteiger partial charge on any atom is -0.465 e. The Morgan fingerprint density at radius 3 is 2.46 bits per heavy atom. The number of nitrogens with two attached hydrogens (primary N) is 2. The van der Waals surface area contributed by atoms with Gasteiger partial charge in [-0.1, -0.05) is 12.1 Å². The van der Waals surface area contributed by atoms with Crippen LogP contribution in [0.4, 0.5) is 5.69 Å². The lowest BCUT2D eigenvalue weighted by Crippen LogP contribution is -2.51. The minimum absolute atomic E-state index is 0.0621. The quantitative estimate of drug-likeness (QED) is 0.418. The summed E-state index contributed by atoms with van der Waals surface area (Å²) in [5, 5.41) is 11.2. The van der Waals surface area contributed by atoms with E-state index in [9.17, 15) is 19.7 Å². The lowest BCUT2D eigenvalue weighted by Gasteiger charge is -2.38. The lowest BCUT2D eigenvalue weighted by atomic mass is 9.67. The molecule has 2 atom stereocenters. The Kier molecular flexibility index (Phi) is 6.02. The van der Waals surface area contributed by atoms with E-state index in [2.05, 4.69) is 4.99 Å². The SMILES string of the molecule is CCOC(=O)C1=C(N)N=C(N)C(C)(C(=O)OCC)C1c1cccc([N+](=O)[O-])c1. The number of carbonyl (C=O) groups excluding carboxylic acids is 2. The number of hydrogen-bond donors (Lipinski definition) is 2. The van der Waals surface area contributed by atoms with E-state index in [-0.39, 0.29) is 41.7 Å². The Morgan fingerprint density at radius 1 is 1.25 bits per heavy atom. The molecule has 2 unspecified atom stereocenters. The molecular weight excluding hydrogens is 368 g/mol. The number of carbonyl (C=O) groups is 2. The summed E-state index contributed by atoms with van der Waals surface area (Å²) in [6.45, 7) is 4.82. The van der Waals surface area contributed by atoms with Crippen LogP contribution in [0.3, 0.4) is 0 Å². The largest absolute Gasteiger partial charge is 0.465 e. The first-order valence-corrected chi connectivity index (χ1v) is 8.61. The third-order valence-corrected chi connectivity index (χ3v) is 4.52. The number of non-ortho nitro benzene ring substituents is 1. The normalized spacial score (nSPS) is 21.7. The van der Waals surface area contributed by atoms with E-state index in [1.54, 1.807) is 19.9 Å². The van der Waals surface area contributed by atoms with Crippen molar-refractivity contribution in [2.75, 3.05) is 13.2 Å². The van der Waals surface area contributed by atoms with Gasteiger partial charge >= 0.3 is 11.9 Å². The molecule has 0 aliphatic carbocycles. The summed E-state index contributed by atoms with van der Waals surface area (Å²) in [6, 6.07) is 5.54. The minimum atomic E-state index is -1.61. The number of esters is 2. The third-order valence-electron chi connectivity index (χ3n) is 4.52. The van der Waals surface area contributed by atoms with Gasteiger partial charge in [0, 0.05) is 18.1 Å². The second-order valence-corrected chi connectivity index (χ2v) is 6.22. The zero-order valence-electron chi connectivity index (χ0n) is 15.8. The Labute approximate surface area is 161 Å². The molecule has 1 aromatic carbocycles. The second-order valence-electron chi connectivity index (χ2n) is 6.22. The average Bonchev–Trinajstić information content (AvgIpc) is 2.64. The van der Waals surface area contributed by atoms with Crippen molar-refractivity contribution >= 4 is 23.5 Å². The molecule has 0 saturated heterocycles. The summed E-state index contributed by atoms with van der Waals surface area (Å²) in [6.07, 6.45) is 0. The van der Waals surface area contributed by atoms with Gasteiger partial charge in [0.15, 0.2) is 0 Å². The molecule has 1 aliphatic rings. The summed E-state index contributed by atoms with van der Waals surface area (Å²) >= 11 is 0. The molecule has 4 N–H and O–H groups in total. The number of nitrogens with zero attached hydrogens (tertiary/aromatic N) is 2. The molecule has 1 heterocycles. The Morgan fingerprint density at radius 2 is 1.89 bits per heavy atom. The predicted octanol–water partition coefficient (Wildman–Crippen LogP) is 1.35. The van der Waals surface area contributed by atoms with Crippen LogP contribution < -0.4 is 11.5 Å². The molecular formula is C18H22N4O6. The zero-order chi connectivity index (χ0) is 21.1. The Hall–Kier alpha value is -3.43. The van der Waals surface area contributed by atoms with Crippen LogP contribution >= 0.6 is 0 Å². The van der Waals surface area contributed by atoms with Gasteiger partial charge < -0.3 is 20.9 Å². The average molecular weight is 390 g/mol. The van der Waals surface area contributed by atoms with E-state index >= 15 is 0 Å². The maximum Gasteiger partial charge on any atom is 0.338 e. The molecule has 28 heavy (non-hydrogen) atoms. The summed E-state index contributed by atoms with van der Waals surface area (Å²) < 4.78 is 10.2. The van der Waals surface area contributed by atoms with Gasteiger partial charge in [-0.3, -0.25) is 14.9 Å². The lowest BCUT2D eigenvalue weighted by molar-refractivity contribution is -0.384. The van der Waals surface area contributed by atoms with Crippen LogP contribution in [0.15, 0.2) is 40.7 Å². The molecule has 150 valence electrons. The van der Waals surface area contributed by atoms with Crippen molar-refractivity contribution in [1.29, 1.82) is 0 Å². The number of aliphatic imine (C=N–C) groups is 1. The number of benzene rings is 1. The highest BCUT2D eigenvalue weighted by atomic mass is 16.6. The fraction of sp³-hybridized carbons (Fsp3) is 0.389. The fourth-order valence-electron chi connectivity index (χ4n) is 3.14. The van der Waals surface area contributed by atoms with E-state index in [4.69, 9.17) is 20.9 Å². The van der Waals surface area contributed by atoms with Gasteiger partial charge in [-0.05, 0) is 26.3 Å². The number of rotatable bonds is 6. The number of ether oxygens (including phenoxy) is 2. The van der Waals surface area contributed by atoms with Crippen molar-refractivity contribution in [3.05, 3.63) is 51.3 Å². The Bertz CT molecular complexity index is 879. The second kappa shape index (κ2) is 8.07. The van der Waals surface area contributed by atoms with Gasteiger partial charge in [-0.25, -0.2) is 9.79 Å². The molecule has 0 spiro atoms. The fourth-order valence-corrected chi connectivity index (χ4v) is 3.14. The first-order chi connectivity index (χ1) is 13.2. The van der Waals surface area contributed by atoms with Gasteiger partial charge in [0.2, 0.25) is 0 Å². The van der Waals surface area contributed by atoms with Crippen molar-refractivity contribution in [2.45, 2.75) is 26.7 Å². The van der Waals surface area contributed by atoms with Crippen LogP contribution in [0.5, 0.6) is 0 Å². The molecule has 0 radical (unpaired) electrons. The topological polar surface area (TPSA) is 160 Å². The first-order valence-electron chi connectivity index (χ1n) is 8.61. The third kappa shape index (κ3) is 3.53. The number of nitro groups is 1. The van der Waals surface area contributed by atoms with Crippen molar-refractivity contribution in [2.24, 2.45) is 21.9 Å². The van der Waals surface area contributed by atoms with E-state index < -0.39 is 28.2 Å². The van der Waals surface area contributed by atoms with Crippen molar-refractivity contribution in [1.82, 2.24) is 0 Å². The van der Waals surface area contributed by atoms with Crippen LogP contribution in [0.25, 0.3) is 0 Å². The maximum atomic E-state index is 12.8. The highest BCUT2D eigenvalue weighted by molar-refractivity contribution is 6.10. The van der Waals surface area contributed by atoms with Crippen LogP contribution in [-0.2, 0) is 19.1 Å². The maximum absolute atomic E-state index is 12.8. The van der Waals surface area contributed by atoms with Crippen molar-refractivity contribution < 1.29 is 24.0 Å².